The van der Waals surface area contributed by atoms with Crippen LogP contribution >= 0.6 is 22.9 Å². The van der Waals surface area contributed by atoms with Crippen molar-refractivity contribution in [1.29, 1.82) is 0 Å². The largest absolute Gasteiger partial charge is 0.352 e. The Balaban J connectivity index is 0.959. The third kappa shape index (κ3) is 11.7. The summed E-state index contributed by atoms with van der Waals surface area (Å²) >= 11 is 7.98. The number of amides is 4. The van der Waals surface area contributed by atoms with E-state index >= 15 is 0 Å². The van der Waals surface area contributed by atoms with Gasteiger partial charge in [0.25, 0.3) is 0 Å². The van der Waals surface area contributed by atoms with E-state index in [0.29, 0.717) is 31.2 Å². The van der Waals surface area contributed by atoms with Gasteiger partial charge in [-0.2, -0.15) is 0 Å². The molecular formula is C41H62ClN7O4S. The first-order valence-electron chi connectivity index (χ1n) is 19.6. The summed E-state index contributed by atoms with van der Waals surface area (Å²) in [6, 6.07) is 5.88. The zero-order chi connectivity index (χ0) is 39.4. The first-order chi connectivity index (χ1) is 25.3. The molecule has 11 nitrogen and oxygen atoms in total. The molecule has 2 aliphatic heterocycles. The van der Waals surface area contributed by atoms with Crippen LogP contribution < -0.4 is 21.3 Å². The van der Waals surface area contributed by atoms with Crippen LogP contribution in [0.2, 0.25) is 5.02 Å². The number of carbonyl (C=O) groups is 4. The normalized spacial score (nSPS) is 18.8. The first kappa shape index (κ1) is 42.1. The number of piperidine rings is 1. The van der Waals surface area contributed by atoms with Gasteiger partial charge in [0.2, 0.25) is 23.6 Å². The predicted molar refractivity (Wildman–Crippen MR) is 215 cm³/mol. The third-order valence-corrected chi connectivity index (χ3v) is 12.9. The zero-order valence-corrected chi connectivity index (χ0v) is 35.2. The van der Waals surface area contributed by atoms with Crippen LogP contribution in [0, 0.1) is 31.1 Å². The van der Waals surface area contributed by atoms with Crippen LogP contribution in [0.4, 0.5) is 0 Å². The highest BCUT2D eigenvalue weighted by Gasteiger charge is 2.54. The summed E-state index contributed by atoms with van der Waals surface area (Å²) < 4.78 is 0. The van der Waals surface area contributed by atoms with Gasteiger partial charge in [-0.05, 0) is 123 Å². The number of aryl methyl sites for hydroxylation is 2. The van der Waals surface area contributed by atoms with Crippen molar-refractivity contribution in [3.63, 3.8) is 0 Å². The van der Waals surface area contributed by atoms with Gasteiger partial charge in [-0.1, -0.05) is 30.7 Å². The smallest absolute Gasteiger partial charge is 0.234 e. The lowest BCUT2D eigenvalue weighted by Gasteiger charge is -2.58. The van der Waals surface area contributed by atoms with Crippen molar-refractivity contribution in [3.8, 4) is 0 Å². The number of benzene rings is 1. The molecule has 5 rings (SSSR count). The molecule has 1 spiro atoms. The Morgan fingerprint density at radius 1 is 0.907 bits per heavy atom. The van der Waals surface area contributed by atoms with E-state index in [1.165, 1.54) is 0 Å². The minimum atomic E-state index is -0.358. The Hall–Kier alpha value is -3.06. The zero-order valence-electron chi connectivity index (χ0n) is 33.6. The Morgan fingerprint density at radius 3 is 2.17 bits per heavy atom. The molecule has 0 bridgehead atoms. The van der Waals surface area contributed by atoms with E-state index < -0.39 is 0 Å². The van der Waals surface area contributed by atoms with Gasteiger partial charge in [-0.15, -0.1) is 11.3 Å². The highest BCUT2D eigenvalue weighted by Crippen LogP contribution is 2.51. The van der Waals surface area contributed by atoms with E-state index in [0.717, 1.165) is 91.4 Å². The predicted octanol–water partition coefficient (Wildman–Crippen LogP) is 5.46. The topological polar surface area (TPSA) is 136 Å². The van der Waals surface area contributed by atoms with Crippen molar-refractivity contribution < 1.29 is 19.2 Å². The average Bonchev–Trinajstić information content (AvgIpc) is 3.41. The van der Waals surface area contributed by atoms with Crippen molar-refractivity contribution in [1.82, 2.24) is 36.1 Å². The van der Waals surface area contributed by atoms with Crippen LogP contribution in [0.15, 0.2) is 18.2 Å². The van der Waals surface area contributed by atoms with Gasteiger partial charge < -0.3 is 21.3 Å². The number of hydrogen-bond acceptors (Lipinski definition) is 8. The Kier molecular flexibility index (Phi) is 13.6. The highest BCUT2D eigenvalue weighted by atomic mass is 35.5. The number of nitrogens with one attached hydrogen (secondary N) is 4. The molecule has 1 aliphatic carbocycles. The first-order valence-corrected chi connectivity index (χ1v) is 20.8. The quantitative estimate of drug-likeness (QED) is 0.189. The maximum atomic E-state index is 13.0. The lowest BCUT2D eigenvalue weighted by Crippen LogP contribution is -2.65. The fourth-order valence-electron chi connectivity index (χ4n) is 8.10. The van der Waals surface area contributed by atoms with Gasteiger partial charge in [0.1, 0.15) is 0 Å². The molecular weight excluding hydrogens is 722 g/mol. The minimum absolute atomic E-state index is 0.0225. The second-order valence-corrected chi connectivity index (χ2v) is 19.6. The molecule has 4 N–H and O–H groups in total. The van der Waals surface area contributed by atoms with Crippen LogP contribution in [0.3, 0.4) is 0 Å². The van der Waals surface area contributed by atoms with E-state index in [1.54, 1.807) is 11.3 Å². The van der Waals surface area contributed by atoms with Crippen LogP contribution in [-0.4, -0.2) is 88.8 Å². The molecule has 4 amide bonds. The molecule has 1 aromatic heterocycles. The standard InChI is InChI=1S/C41H62ClN7O4S/c1-26-9-10-30(32(42)17-26)20-43-37(53)31-18-41(19-31)24-49(25-41)23-35(51)47-40(7,8)14-11-27(2)38-45-28(3)33(54-38)21-44-36(52)29-12-15-48(16-13-29)22-34(50)46-39(4,5)6/h9-10,17,27,29,31H,11-16,18-25H2,1-8H3,(H,43,53)(H,44,52)(H,46,50)(H,47,51). The highest BCUT2D eigenvalue weighted by molar-refractivity contribution is 7.11. The lowest BCUT2D eigenvalue weighted by molar-refractivity contribution is -0.148. The lowest BCUT2D eigenvalue weighted by atomic mass is 9.57. The fraction of sp³-hybridized carbons (Fsp3) is 0.683. The van der Waals surface area contributed by atoms with Gasteiger partial charge in [0.15, 0.2) is 0 Å². The summed E-state index contributed by atoms with van der Waals surface area (Å²) in [5.41, 5.74) is 2.53. The van der Waals surface area contributed by atoms with Crippen molar-refractivity contribution in [3.05, 3.63) is 49.9 Å². The summed E-state index contributed by atoms with van der Waals surface area (Å²) in [6.45, 7) is 21.1. The van der Waals surface area contributed by atoms with E-state index in [4.69, 9.17) is 16.6 Å². The Morgan fingerprint density at radius 2 is 1.52 bits per heavy atom. The molecule has 2 aromatic rings. The molecule has 3 aliphatic rings. The number of thiazole rings is 1. The SMILES string of the molecule is Cc1ccc(CNC(=O)C2CC3(C2)CN(CC(=O)NC(C)(C)CCC(C)c2nc(C)c(CNC(=O)C4CCN(CC(=O)NC(C)(C)C)CC4)s2)C3)c(Cl)c1. The number of carbonyl (C=O) groups excluding carboxylic acids is 4. The number of likely N-dealkylation sites (tertiary alicyclic amines) is 2. The van der Waals surface area contributed by atoms with Crippen molar-refractivity contribution >= 4 is 46.6 Å². The summed E-state index contributed by atoms with van der Waals surface area (Å²) in [7, 11) is 0. The number of nitrogens with zero attached hydrogens (tertiary/aromatic N) is 3. The summed E-state index contributed by atoms with van der Waals surface area (Å²) in [5, 5.41) is 14.2. The van der Waals surface area contributed by atoms with Crippen LogP contribution in [0.1, 0.15) is 113 Å². The van der Waals surface area contributed by atoms with E-state index in [9.17, 15) is 19.2 Å². The maximum absolute atomic E-state index is 13.0. The summed E-state index contributed by atoms with van der Waals surface area (Å²) in [6.07, 6.45) is 4.92. The monoisotopic (exact) mass is 783 g/mol. The molecule has 13 heteroatoms. The third-order valence-electron chi connectivity index (χ3n) is 11.2. The van der Waals surface area contributed by atoms with Crippen LogP contribution in [0.5, 0.6) is 0 Å². The molecule has 0 radical (unpaired) electrons. The molecule has 298 valence electrons. The van der Waals surface area contributed by atoms with Crippen LogP contribution in [0.25, 0.3) is 0 Å². The van der Waals surface area contributed by atoms with E-state index in [1.807, 2.05) is 52.8 Å². The van der Waals surface area contributed by atoms with Gasteiger partial charge in [0.05, 0.1) is 30.3 Å². The summed E-state index contributed by atoms with van der Waals surface area (Å²) in [5.74, 6) is 0.420. The van der Waals surface area contributed by atoms with E-state index in [2.05, 4.69) is 51.8 Å². The minimum Gasteiger partial charge on any atom is -0.352 e. The Labute approximate surface area is 331 Å². The van der Waals surface area contributed by atoms with Crippen LogP contribution in [-0.2, 0) is 32.3 Å². The maximum Gasteiger partial charge on any atom is 0.234 e. The average molecular weight is 785 g/mol. The Bertz CT molecular complexity index is 1670. The van der Waals surface area contributed by atoms with Gasteiger partial charge in [-0.3, -0.25) is 29.0 Å². The molecule has 2 saturated heterocycles. The second-order valence-electron chi connectivity index (χ2n) is 18.1. The van der Waals surface area contributed by atoms with Crippen molar-refractivity contribution in [2.24, 2.45) is 17.3 Å². The molecule has 1 atom stereocenters. The number of hydrogen-bond donors (Lipinski definition) is 4. The van der Waals surface area contributed by atoms with Gasteiger partial charge in [0, 0.05) is 58.4 Å². The van der Waals surface area contributed by atoms with Crippen molar-refractivity contribution in [2.45, 2.75) is 124 Å². The van der Waals surface area contributed by atoms with Gasteiger partial charge in [-0.25, -0.2) is 4.98 Å². The molecule has 54 heavy (non-hydrogen) atoms. The summed E-state index contributed by atoms with van der Waals surface area (Å²) in [4.78, 5) is 61.3. The molecule has 3 fully saturated rings. The fourth-order valence-corrected chi connectivity index (χ4v) is 9.49. The number of aromatic nitrogens is 1. The molecule has 1 saturated carbocycles. The number of halogens is 1. The second kappa shape index (κ2) is 17.4. The number of rotatable bonds is 15. The van der Waals surface area contributed by atoms with E-state index in [-0.39, 0.29) is 57.9 Å². The molecule has 1 aromatic carbocycles. The van der Waals surface area contributed by atoms with Crippen molar-refractivity contribution in [2.75, 3.05) is 39.3 Å². The molecule has 1 unspecified atom stereocenters. The van der Waals surface area contributed by atoms with Gasteiger partial charge >= 0.3 is 0 Å². The molecule has 3 heterocycles.